The summed E-state index contributed by atoms with van der Waals surface area (Å²) in [7, 11) is 0. The van der Waals surface area contributed by atoms with Gasteiger partial charge < -0.3 is 4.42 Å². The Labute approximate surface area is 129 Å². The van der Waals surface area contributed by atoms with Gasteiger partial charge in [-0.1, -0.05) is 0 Å². The van der Waals surface area contributed by atoms with Gasteiger partial charge in [0.1, 0.15) is 6.04 Å². The van der Waals surface area contributed by atoms with Gasteiger partial charge in [0.2, 0.25) is 11.8 Å². The lowest BCUT2D eigenvalue weighted by Gasteiger charge is -2.09. The van der Waals surface area contributed by atoms with Gasteiger partial charge in [-0.2, -0.15) is 18.3 Å². The predicted molar refractivity (Wildman–Crippen MR) is 73.3 cm³/mol. The Balaban J connectivity index is 1.91. The van der Waals surface area contributed by atoms with Crippen LogP contribution in [0.4, 0.5) is 13.2 Å². The van der Waals surface area contributed by atoms with E-state index in [4.69, 9.17) is 4.42 Å². The van der Waals surface area contributed by atoms with Crippen LogP contribution in [0.15, 0.2) is 35.0 Å². The van der Waals surface area contributed by atoms with E-state index in [1.54, 1.807) is 38.4 Å². The molecule has 1 atom stereocenters. The van der Waals surface area contributed by atoms with Gasteiger partial charge in [0, 0.05) is 23.7 Å². The number of rotatable bonds is 3. The van der Waals surface area contributed by atoms with Crippen LogP contribution in [0, 0.1) is 6.92 Å². The van der Waals surface area contributed by atoms with Crippen molar-refractivity contribution in [2.24, 2.45) is 0 Å². The normalized spacial score (nSPS) is 13.3. The zero-order valence-corrected chi connectivity index (χ0v) is 12.2. The van der Waals surface area contributed by atoms with Crippen LogP contribution in [0.5, 0.6) is 0 Å². The number of aromatic nitrogens is 5. The summed E-state index contributed by atoms with van der Waals surface area (Å²) in [5.41, 5.74) is 0.0864. The second kappa shape index (κ2) is 5.49. The summed E-state index contributed by atoms with van der Waals surface area (Å²) in [6.07, 6.45) is -1.33. The highest BCUT2D eigenvalue weighted by atomic mass is 19.4. The van der Waals surface area contributed by atoms with E-state index in [9.17, 15) is 13.2 Å². The molecule has 0 radical (unpaired) electrons. The van der Waals surface area contributed by atoms with Crippen LogP contribution in [-0.2, 0) is 6.18 Å². The molecular formula is C14H12F3N5O. The summed E-state index contributed by atoms with van der Waals surface area (Å²) in [5.74, 6) is 0.451. The third-order valence-electron chi connectivity index (χ3n) is 3.31. The molecule has 0 amide bonds. The maximum atomic E-state index is 12.7. The smallest absolute Gasteiger partial charge is 0.418 e. The van der Waals surface area contributed by atoms with Crippen molar-refractivity contribution in [3.8, 4) is 11.5 Å². The average Bonchev–Trinajstić information content (AvgIpc) is 3.14. The number of alkyl halides is 3. The molecule has 1 unspecified atom stereocenters. The third kappa shape index (κ3) is 2.94. The molecule has 0 aliphatic rings. The molecule has 0 bridgehead atoms. The van der Waals surface area contributed by atoms with Crippen LogP contribution < -0.4 is 0 Å². The molecule has 0 aliphatic heterocycles. The zero-order valence-electron chi connectivity index (χ0n) is 12.2. The largest absolute Gasteiger partial charge is 0.435 e. The Morgan fingerprint density at radius 3 is 2.48 bits per heavy atom. The highest BCUT2D eigenvalue weighted by Crippen LogP contribution is 2.30. The van der Waals surface area contributed by atoms with Crippen molar-refractivity contribution in [2.75, 3.05) is 0 Å². The molecule has 6 nitrogen and oxygen atoms in total. The summed E-state index contributed by atoms with van der Waals surface area (Å²) >= 11 is 0. The lowest BCUT2D eigenvalue weighted by Crippen LogP contribution is -2.13. The van der Waals surface area contributed by atoms with Crippen LogP contribution in [-0.4, -0.2) is 25.0 Å². The number of pyridine rings is 1. The first-order valence-electron chi connectivity index (χ1n) is 6.73. The van der Waals surface area contributed by atoms with Crippen LogP contribution in [0.2, 0.25) is 0 Å². The fourth-order valence-electron chi connectivity index (χ4n) is 2.14. The Morgan fingerprint density at radius 1 is 1.17 bits per heavy atom. The minimum absolute atomic E-state index is 0.178. The first-order valence-corrected chi connectivity index (χ1v) is 6.73. The first-order chi connectivity index (χ1) is 10.9. The van der Waals surface area contributed by atoms with Gasteiger partial charge in [0.15, 0.2) is 5.69 Å². The SMILES string of the molecule is Cc1cc(C(F)(F)F)nn1C(C)c1nnc(-c2ccncc2)o1. The number of hydrogen-bond donors (Lipinski definition) is 0. The number of nitrogens with zero attached hydrogens (tertiary/aromatic N) is 5. The van der Waals surface area contributed by atoms with Crippen molar-refractivity contribution in [1.82, 2.24) is 25.0 Å². The predicted octanol–water partition coefficient (Wildman–Crippen LogP) is 3.26. The fourth-order valence-corrected chi connectivity index (χ4v) is 2.14. The fraction of sp³-hybridized carbons (Fsp3) is 0.286. The Bertz CT molecular complexity index is 809. The van der Waals surface area contributed by atoms with Crippen LogP contribution in [0.25, 0.3) is 11.5 Å². The second-order valence-electron chi connectivity index (χ2n) is 4.97. The van der Waals surface area contributed by atoms with Gasteiger partial charge >= 0.3 is 6.18 Å². The molecule has 3 aromatic rings. The molecule has 0 fully saturated rings. The molecule has 0 saturated carbocycles. The Kier molecular flexibility index (Phi) is 3.63. The van der Waals surface area contributed by atoms with Gasteiger partial charge in [0.25, 0.3) is 0 Å². The Morgan fingerprint density at radius 2 is 1.87 bits per heavy atom. The molecule has 23 heavy (non-hydrogen) atoms. The quantitative estimate of drug-likeness (QED) is 0.740. The molecule has 3 rings (SSSR count). The van der Waals surface area contributed by atoms with Crippen LogP contribution >= 0.6 is 0 Å². The van der Waals surface area contributed by atoms with E-state index >= 15 is 0 Å². The van der Waals surface area contributed by atoms with E-state index in [-0.39, 0.29) is 11.8 Å². The van der Waals surface area contributed by atoms with Gasteiger partial charge in [-0.05, 0) is 32.0 Å². The van der Waals surface area contributed by atoms with Crippen molar-refractivity contribution in [1.29, 1.82) is 0 Å². The minimum atomic E-state index is -4.49. The number of hydrogen-bond acceptors (Lipinski definition) is 5. The van der Waals surface area contributed by atoms with E-state index in [1.807, 2.05) is 0 Å². The Hall–Kier alpha value is -2.71. The molecule has 3 aromatic heterocycles. The molecule has 120 valence electrons. The lowest BCUT2D eigenvalue weighted by molar-refractivity contribution is -0.141. The van der Waals surface area contributed by atoms with E-state index in [1.165, 1.54) is 4.68 Å². The maximum Gasteiger partial charge on any atom is 0.435 e. The van der Waals surface area contributed by atoms with E-state index < -0.39 is 17.9 Å². The summed E-state index contributed by atoms with van der Waals surface area (Å²) in [4.78, 5) is 3.89. The summed E-state index contributed by atoms with van der Waals surface area (Å²) in [6, 6.07) is 3.76. The van der Waals surface area contributed by atoms with Crippen molar-refractivity contribution in [3.05, 3.63) is 47.9 Å². The minimum Gasteiger partial charge on any atom is -0.418 e. The first kappa shape index (κ1) is 15.2. The lowest BCUT2D eigenvalue weighted by atomic mass is 10.3. The molecule has 9 heteroatoms. The highest BCUT2D eigenvalue weighted by molar-refractivity contribution is 5.50. The molecule has 0 spiro atoms. The van der Waals surface area contributed by atoms with Crippen molar-refractivity contribution in [2.45, 2.75) is 26.1 Å². The van der Waals surface area contributed by atoms with E-state index in [0.717, 1.165) is 6.07 Å². The van der Waals surface area contributed by atoms with Crippen molar-refractivity contribution >= 4 is 0 Å². The van der Waals surface area contributed by atoms with Gasteiger partial charge in [0.05, 0.1) is 0 Å². The molecule has 3 heterocycles. The monoisotopic (exact) mass is 323 g/mol. The summed E-state index contributed by atoms with van der Waals surface area (Å²) in [6.45, 7) is 3.18. The van der Waals surface area contributed by atoms with Crippen molar-refractivity contribution in [3.63, 3.8) is 0 Å². The number of aryl methyl sites for hydroxylation is 1. The standard InChI is InChI=1S/C14H12F3N5O/c1-8-7-11(14(15,16)17)21-22(8)9(2)12-19-20-13(23-12)10-3-5-18-6-4-10/h3-7,9H,1-2H3. The number of halogens is 3. The second-order valence-corrected chi connectivity index (χ2v) is 4.97. The molecule has 0 aromatic carbocycles. The van der Waals surface area contributed by atoms with Gasteiger partial charge in [-0.15, -0.1) is 10.2 Å². The van der Waals surface area contributed by atoms with Crippen LogP contribution in [0.1, 0.15) is 30.2 Å². The summed E-state index contributed by atoms with van der Waals surface area (Å²) < 4.78 is 45.0. The average molecular weight is 323 g/mol. The van der Waals surface area contributed by atoms with Gasteiger partial charge in [-0.25, -0.2) is 0 Å². The van der Waals surface area contributed by atoms with Gasteiger partial charge in [-0.3, -0.25) is 9.67 Å². The van der Waals surface area contributed by atoms with Crippen LogP contribution in [0.3, 0.4) is 0 Å². The highest BCUT2D eigenvalue weighted by Gasteiger charge is 2.35. The summed E-state index contributed by atoms with van der Waals surface area (Å²) in [5, 5.41) is 11.4. The topological polar surface area (TPSA) is 69.6 Å². The zero-order chi connectivity index (χ0) is 16.6. The third-order valence-corrected chi connectivity index (χ3v) is 3.31. The van der Waals surface area contributed by atoms with Crippen molar-refractivity contribution < 1.29 is 17.6 Å². The molecule has 0 aliphatic carbocycles. The maximum absolute atomic E-state index is 12.7. The van der Waals surface area contributed by atoms with E-state index in [2.05, 4.69) is 20.3 Å². The van der Waals surface area contributed by atoms with E-state index in [0.29, 0.717) is 11.3 Å². The molecular weight excluding hydrogens is 311 g/mol. The molecule has 0 saturated heterocycles. The molecule has 0 N–H and O–H groups in total.